The Hall–Kier alpha value is -2.82. The molecule has 1 N–H and O–H groups in total. The summed E-state index contributed by atoms with van der Waals surface area (Å²) in [5.74, 6) is -0.726. The fourth-order valence-electron chi connectivity index (χ4n) is 2.91. The summed E-state index contributed by atoms with van der Waals surface area (Å²) in [7, 11) is 1.31. The third-order valence-corrected chi connectivity index (χ3v) is 5.17. The summed E-state index contributed by atoms with van der Waals surface area (Å²) >= 11 is 11.9. The maximum absolute atomic E-state index is 12.4. The lowest BCUT2D eigenvalue weighted by Gasteiger charge is -2.12. The van der Waals surface area contributed by atoms with Crippen molar-refractivity contribution in [2.45, 2.75) is 12.8 Å². The minimum absolute atomic E-state index is 0.214. The van der Waals surface area contributed by atoms with Crippen molar-refractivity contribution in [2.24, 2.45) is 0 Å². The number of carbonyl (C=O) groups is 2. The van der Waals surface area contributed by atoms with Crippen molar-refractivity contribution in [3.05, 3.63) is 87.9 Å². The van der Waals surface area contributed by atoms with E-state index in [9.17, 15) is 9.59 Å². The lowest BCUT2D eigenvalue weighted by atomic mass is 10.0. The lowest BCUT2D eigenvalue weighted by molar-refractivity contribution is -0.116. The monoisotopic (exact) mass is 427 g/mol. The third kappa shape index (κ3) is 5.37. The Morgan fingerprint density at radius 1 is 0.897 bits per heavy atom. The van der Waals surface area contributed by atoms with Crippen LogP contribution in [-0.4, -0.2) is 19.0 Å². The predicted octanol–water partition coefficient (Wildman–Crippen LogP) is 6.02. The first-order valence-electron chi connectivity index (χ1n) is 8.99. The number of esters is 1. The highest BCUT2D eigenvalue weighted by Crippen LogP contribution is 2.27. The molecule has 0 saturated carbocycles. The number of hydrogen-bond donors (Lipinski definition) is 1. The number of ether oxygens (including phenoxy) is 1. The molecule has 0 aromatic heterocycles. The van der Waals surface area contributed by atoms with Crippen LogP contribution in [0.5, 0.6) is 0 Å². The Labute approximate surface area is 179 Å². The van der Waals surface area contributed by atoms with Crippen molar-refractivity contribution in [2.75, 3.05) is 12.4 Å². The molecule has 0 aliphatic heterocycles. The Kier molecular flexibility index (Phi) is 6.91. The number of benzene rings is 3. The number of rotatable bonds is 6. The average Bonchev–Trinajstić information content (AvgIpc) is 2.75. The van der Waals surface area contributed by atoms with E-state index >= 15 is 0 Å². The van der Waals surface area contributed by atoms with Gasteiger partial charge in [-0.15, -0.1) is 0 Å². The molecular weight excluding hydrogens is 409 g/mol. The van der Waals surface area contributed by atoms with Gasteiger partial charge >= 0.3 is 5.97 Å². The van der Waals surface area contributed by atoms with Crippen molar-refractivity contribution in [3.63, 3.8) is 0 Å². The minimum Gasteiger partial charge on any atom is -0.465 e. The van der Waals surface area contributed by atoms with Gasteiger partial charge in [-0.3, -0.25) is 4.79 Å². The van der Waals surface area contributed by atoms with Gasteiger partial charge in [0.15, 0.2) is 0 Å². The number of aryl methyl sites for hydroxylation is 1. The molecule has 3 aromatic rings. The third-order valence-electron chi connectivity index (χ3n) is 4.43. The van der Waals surface area contributed by atoms with E-state index in [0.717, 1.165) is 16.7 Å². The molecule has 3 aromatic carbocycles. The number of methoxy groups -OCH3 is 1. The first kappa shape index (κ1) is 20.9. The fraction of sp³-hybridized carbons (Fsp3) is 0.130. The Balaban J connectivity index is 1.75. The standard InChI is InChI=1S/C23H19Cl2NO3/c1-29-23(28)18-14-17(16-5-3-2-4-6-16)9-11-21(18)26-22(27)12-8-15-7-10-19(24)20(25)13-15/h2-7,9-11,13-14H,8,12H2,1H3,(H,26,27). The largest absolute Gasteiger partial charge is 0.465 e. The quantitative estimate of drug-likeness (QED) is 0.489. The van der Waals surface area contributed by atoms with E-state index in [1.807, 2.05) is 42.5 Å². The Morgan fingerprint density at radius 2 is 1.66 bits per heavy atom. The predicted molar refractivity (Wildman–Crippen MR) is 117 cm³/mol. The van der Waals surface area contributed by atoms with Crippen LogP contribution in [0, 0.1) is 0 Å². The highest BCUT2D eigenvalue weighted by molar-refractivity contribution is 6.42. The van der Waals surface area contributed by atoms with Crippen LogP contribution in [0.25, 0.3) is 11.1 Å². The first-order chi connectivity index (χ1) is 14.0. The van der Waals surface area contributed by atoms with Crippen molar-refractivity contribution in [1.29, 1.82) is 0 Å². The van der Waals surface area contributed by atoms with Crippen molar-refractivity contribution in [1.82, 2.24) is 0 Å². The second kappa shape index (κ2) is 9.59. The van der Waals surface area contributed by atoms with E-state index in [1.54, 1.807) is 24.3 Å². The fourth-order valence-corrected chi connectivity index (χ4v) is 3.23. The van der Waals surface area contributed by atoms with E-state index in [4.69, 9.17) is 27.9 Å². The van der Waals surface area contributed by atoms with Gasteiger partial charge in [-0.05, 0) is 47.4 Å². The van der Waals surface area contributed by atoms with E-state index in [1.165, 1.54) is 7.11 Å². The SMILES string of the molecule is COC(=O)c1cc(-c2ccccc2)ccc1NC(=O)CCc1ccc(Cl)c(Cl)c1. The van der Waals surface area contributed by atoms with Gasteiger partial charge in [0.2, 0.25) is 5.91 Å². The summed E-state index contributed by atoms with van der Waals surface area (Å²) in [6.07, 6.45) is 0.734. The number of anilines is 1. The van der Waals surface area contributed by atoms with Gasteiger partial charge in [0, 0.05) is 6.42 Å². The molecule has 0 radical (unpaired) electrons. The second-order valence-electron chi connectivity index (χ2n) is 6.41. The molecule has 0 fully saturated rings. The van der Waals surface area contributed by atoms with Gasteiger partial charge in [-0.2, -0.15) is 0 Å². The Bertz CT molecular complexity index is 1040. The van der Waals surface area contributed by atoms with Crippen LogP contribution in [0.4, 0.5) is 5.69 Å². The van der Waals surface area contributed by atoms with E-state index < -0.39 is 5.97 Å². The summed E-state index contributed by atoms with van der Waals surface area (Å²) in [4.78, 5) is 24.7. The highest BCUT2D eigenvalue weighted by Gasteiger charge is 2.15. The molecule has 0 spiro atoms. The van der Waals surface area contributed by atoms with Crippen LogP contribution < -0.4 is 5.32 Å². The smallest absolute Gasteiger partial charge is 0.339 e. The van der Waals surface area contributed by atoms with Gasteiger partial charge < -0.3 is 10.1 Å². The molecule has 0 aliphatic rings. The molecule has 0 unspecified atom stereocenters. The Morgan fingerprint density at radius 3 is 2.34 bits per heavy atom. The zero-order chi connectivity index (χ0) is 20.8. The number of amides is 1. The van der Waals surface area contributed by atoms with Crippen molar-refractivity contribution >= 4 is 40.8 Å². The van der Waals surface area contributed by atoms with Crippen LogP contribution in [0.15, 0.2) is 66.7 Å². The second-order valence-corrected chi connectivity index (χ2v) is 7.23. The van der Waals surface area contributed by atoms with E-state index in [2.05, 4.69) is 5.32 Å². The zero-order valence-electron chi connectivity index (χ0n) is 15.7. The summed E-state index contributed by atoms with van der Waals surface area (Å²) in [6.45, 7) is 0. The lowest BCUT2D eigenvalue weighted by Crippen LogP contribution is -2.16. The van der Waals surface area contributed by atoms with Gasteiger partial charge in [0.1, 0.15) is 0 Å². The van der Waals surface area contributed by atoms with Crippen LogP contribution in [0.3, 0.4) is 0 Å². The molecule has 1 amide bonds. The molecule has 0 aliphatic carbocycles. The summed E-state index contributed by atoms with van der Waals surface area (Å²) < 4.78 is 4.89. The van der Waals surface area contributed by atoms with Crippen LogP contribution in [-0.2, 0) is 16.0 Å². The first-order valence-corrected chi connectivity index (χ1v) is 9.75. The number of carbonyl (C=O) groups excluding carboxylic acids is 2. The summed E-state index contributed by atoms with van der Waals surface area (Å²) in [5.41, 5.74) is 3.45. The normalized spacial score (nSPS) is 10.4. The maximum atomic E-state index is 12.4. The molecule has 6 heteroatoms. The number of nitrogens with one attached hydrogen (secondary N) is 1. The molecular formula is C23H19Cl2NO3. The molecule has 0 saturated heterocycles. The van der Waals surface area contributed by atoms with E-state index in [0.29, 0.717) is 27.7 Å². The summed E-state index contributed by atoms with van der Waals surface area (Å²) in [5, 5.41) is 3.73. The minimum atomic E-state index is -0.512. The van der Waals surface area contributed by atoms with Crippen molar-refractivity contribution < 1.29 is 14.3 Å². The topological polar surface area (TPSA) is 55.4 Å². The highest BCUT2D eigenvalue weighted by atomic mass is 35.5. The maximum Gasteiger partial charge on any atom is 0.339 e. The van der Waals surface area contributed by atoms with E-state index in [-0.39, 0.29) is 12.3 Å². The van der Waals surface area contributed by atoms with Gasteiger partial charge in [-0.25, -0.2) is 4.79 Å². The molecule has 0 heterocycles. The van der Waals surface area contributed by atoms with Gasteiger partial charge in [0.05, 0.1) is 28.4 Å². The van der Waals surface area contributed by atoms with Gasteiger partial charge in [-0.1, -0.05) is 65.7 Å². The molecule has 29 heavy (non-hydrogen) atoms. The number of halogens is 2. The van der Waals surface area contributed by atoms with Crippen LogP contribution in [0.2, 0.25) is 10.0 Å². The molecule has 0 atom stereocenters. The van der Waals surface area contributed by atoms with Gasteiger partial charge in [0.25, 0.3) is 0 Å². The summed E-state index contributed by atoms with van der Waals surface area (Å²) in [6, 6.07) is 20.2. The van der Waals surface area contributed by atoms with Crippen LogP contribution >= 0.6 is 23.2 Å². The zero-order valence-corrected chi connectivity index (χ0v) is 17.3. The van der Waals surface area contributed by atoms with Crippen molar-refractivity contribution in [3.8, 4) is 11.1 Å². The molecule has 0 bridgehead atoms. The number of hydrogen-bond acceptors (Lipinski definition) is 3. The molecule has 148 valence electrons. The molecule has 3 rings (SSSR count). The molecule has 4 nitrogen and oxygen atoms in total. The average molecular weight is 428 g/mol. The van der Waals surface area contributed by atoms with Crippen LogP contribution in [0.1, 0.15) is 22.3 Å².